The maximum atomic E-state index is 12.2. The Labute approximate surface area is 122 Å². The molecule has 0 unspecified atom stereocenters. The zero-order valence-corrected chi connectivity index (χ0v) is 12.9. The molecule has 6 heteroatoms. The molecule has 3 heterocycles. The monoisotopic (exact) mass is 292 g/mol. The van der Waals surface area contributed by atoms with Crippen LogP contribution in [0.1, 0.15) is 35.1 Å². The van der Waals surface area contributed by atoms with Crippen molar-refractivity contribution in [2.24, 2.45) is 13.0 Å². The van der Waals surface area contributed by atoms with Crippen molar-refractivity contribution < 1.29 is 4.79 Å². The number of amides is 1. The highest BCUT2D eigenvalue weighted by atomic mass is 32.1. The van der Waals surface area contributed by atoms with Gasteiger partial charge in [0.05, 0.1) is 10.6 Å². The fourth-order valence-corrected chi connectivity index (χ4v) is 3.42. The van der Waals surface area contributed by atoms with E-state index < -0.39 is 0 Å². The average Bonchev–Trinajstić information content (AvgIpc) is 2.88. The SMILES string of the molecule is CC(C)c1nn(C)c2sc(C(=O)NCC3CNC3)cc12. The normalized spacial score (nSPS) is 15.8. The van der Waals surface area contributed by atoms with Crippen molar-refractivity contribution in [3.05, 3.63) is 16.6 Å². The molecule has 1 fully saturated rings. The van der Waals surface area contributed by atoms with Gasteiger partial charge < -0.3 is 10.6 Å². The molecule has 20 heavy (non-hydrogen) atoms. The first-order valence-electron chi connectivity index (χ1n) is 7.01. The van der Waals surface area contributed by atoms with Gasteiger partial charge in [-0.15, -0.1) is 11.3 Å². The van der Waals surface area contributed by atoms with Crippen LogP contribution in [-0.4, -0.2) is 35.3 Å². The number of carbonyl (C=O) groups is 1. The molecule has 3 rings (SSSR count). The molecule has 2 aromatic rings. The van der Waals surface area contributed by atoms with Gasteiger partial charge in [0.2, 0.25) is 0 Å². The highest BCUT2D eigenvalue weighted by Gasteiger charge is 2.20. The van der Waals surface area contributed by atoms with Crippen LogP contribution in [0.5, 0.6) is 0 Å². The Bertz CT molecular complexity index is 639. The summed E-state index contributed by atoms with van der Waals surface area (Å²) in [7, 11) is 1.94. The average molecular weight is 292 g/mol. The molecule has 0 spiro atoms. The number of hydrogen-bond donors (Lipinski definition) is 2. The van der Waals surface area contributed by atoms with Crippen molar-refractivity contribution in [3.63, 3.8) is 0 Å². The molecule has 1 amide bonds. The molecule has 0 bridgehead atoms. The summed E-state index contributed by atoms with van der Waals surface area (Å²) < 4.78 is 1.88. The molecule has 1 aliphatic heterocycles. The van der Waals surface area contributed by atoms with Crippen LogP contribution in [0.4, 0.5) is 0 Å². The Balaban J connectivity index is 1.81. The van der Waals surface area contributed by atoms with Crippen LogP contribution in [-0.2, 0) is 7.05 Å². The zero-order chi connectivity index (χ0) is 14.3. The van der Waals surface area contributed by atoms with Gasteiger partial charge in [-0.1, -0.05) is 13.8 Å². The van der Waals surface area contributed by atoms with E-state index in [4.69, 9.17) is 0 Å². The molecule has 2 aromatic heterocycles. The minimum absolute atomic E-state index is 0.0350. The summed E-state index contributed by atoms with van der Waals surface area (Å²) in [5, 5.41) is 11.9. The molecule has 0 aliphatic carbocycles. The maximum absolute atomic E-state index is 12.2. The van der Waals surface area contributed by atoms with E-state index in [2.05, 4.69) is 29.6 Å². The zero-order valence-electron chi connectivity index (χ0n) is 12.1. The van der Waals surface area contributed by atoms with Crippen LogP contribution in [0.3, 0.4) is 0 Å². The van der Waals surface area contributed by atoms with Crippen molar-refractivity contribution in [2.75, 3.05) is 19.6 Å². The molecular weight excluding hydrogens is 272 g/mol. The molecule has 0 atom stereocenters. The molecule has 0 radical (unpaired) electrons. The summed E-state index contributed by atoms with van der Waals surface area (Å²) in [6, 6.07) is 1.98. The predicted octanol–water partition coefficient (Wildman–Crippen LogP) is 1.71. The summed E-state index contributed by atoms with van der Waals surface area (Å²) in [5.74, 6) is 0.985. The highest BCUT2D eigenvalue weighted by molar-refractivity contribution is 7.20. The van der Waals surface area contributed by atoms with E-state index in [9.17, 15) is 4.79 Å². The van der Waals surface area contributed by atoms with E-state index in [0.717, 1.165) is 40.4 Å². The van der Waals surface area contributed by atoms with Crippen LogP contribution >= 0.6 is 11.3 Å². The second-order valence-electron chi connectivity index (χ2n) is 5.73. The van der Waals surface area contributed by atoms with Gasteiger partial charge in [0.25, 0.3) is 5.91 Å². The van der Waals surface area contributed by atoms with Crippen molar-refractivity contribution in [2.45, 2.75) is 19.8 Å². The summed E-state index contributed by atoms with van der Waals surface area (Å²) in [6.07, 6.45) is 0. The lowest BCUT2D eigenvalue weighted by atomic mass is 10.0. The van der Waals surface area contributed by atoms with Crippen LogP contribution in [0.25, 0.3) is 10.2 Å². The van der Waals surface area contributed by atoms with Gasteiger partial charge >= 0.3 is 0 Å². The molecular formula is C14H20N4OS. The lowest BCUT2D eigenvalue weighted by molar-refractivity contribution is 0.0946. The first-order valence-corrected chi connectivity index (χ1v) is 7.83. The number of carbonyl (C=O) groups excluding carboxylic acids is 1. The number of nitrogens with zero attached hydrogens (tertiary/aromatic N) is 2. The Morgan fingerprint density at radius 2 is 2.35 bits per heavy atom. The lowest BCUT2D eigenvalue weighted by Crippen LogP contribution is -2.48. The molecule has 1 aliphatic rings. The van der Waals surface area contributed by atoms with Crippen molar-refractivity contribution >= 4 is 27.5 Å². The lowest BCUT2D eigenvalue weighted by Gasteiger charge is -2.26. The summed E-state index contributed by atoms with van der Waals surface area (Å²) in [6.45, 7) is 7.03. The quantitative estimate of drug-likeness (QED) is 0.902. The third kappa shape index (κ3) is 2.33. The van der Waals surface area contributed by atoms with Gasteiger partial charge in [0.1, 0.15) is 4.83 Å². The molecule has 5 nitrogen and oxygen atoms in total. The smallest absolute Gasteiger partial charge is 0.261 e. The van der Waals surface area contributed by atoms with E-state index in [1.54, 1.807) is 0 Å². The predicted molar refractivity (Wildman–Crippen MR) is 81.4 cm³/mol. The minimum atomic E-state index is 0.0350. The topological polar surface area (TPSA) is 59.0 Å². The number of nitrogens with one attached hydrogen (secondary N) is 2. The first kappa shape index (κ1) is 13.6. The van der Waals surface area contributed by atoms with Gasteiger partial charge in [-0.25, -0.2) is 0 Å². The van der Waals surface area contributed by atoms with E-state index in [0.29, 0.717) is 11.8 Å². The number of fused-ring (bicyclic) bond motifs is 1. The van der Waals surface area contributed by atoms with E-state index in [1.807, 2.05) is 17.8 Å². The largest absolute Gasteiger partial charge is 0.351 e. The third-order valence-electron chi connectivity index (χ3n) is 3.73. The fourth-order valence-electron chi connectivity index (χ4n) is 2.42. The Hall–Kier alpha value is -1.40. The van der Waals surface area contributed by atoms with Gasteiger partial charge in [-0.2, -0.15) is 5.10 Å². The standard InChI is InChI=1S/C14H20N4OS/c1-8(2)12-10-4-11(20-14(10)18(3)17-12)13(19)16-7-9-5-15-6-9/h4,8-9,15H,5-7H2,1-3H3,(H,16,19). The molecule has 2 N–H and O–H groups in total. The summed E-state index contributed by atoms with van der Waals surface area (Å²) >= 11 is 1.52. The Morgan fingerprint density at radius 1 is 1.60 bits per heavy atom. The van der Waals surface area contributed by atoms with Gasteiger partial charge in [0.15, 0.2) is 0 Å². The fraction of sp³-hybridized carbons (Fsp3) is 0.571. The van der Waals surface area contributed by atoms with Gasteiger partial charge in [-0.05, 0) is 12.0 Å². The second-order valence-corrected chi connectivity index (χ2v) is 6.76. The number of hydrogen-bond acceptors (Lipinski definition) is 4. The number of thiophene rings is 1. The number of aryl methyl sites for hydroxylation is 1. The van der Waals surface area contributed by atoms with Crippen LogP contribution < -0.4 is 10.6 Å². The first-order chi connectivity index (χ1) is 9.56. The summed E-state index contributed by atoms with van der Waals surface area (Å²) in [5.41, 5.74) is 1.07. The van der Waals surface area contributed by atoms with Crippen LogP contribution in [0.15, 0.2) is 6.07 Å². The summed E-state index contributed by atoms with van der Waals surface area (Å²) in [4.78, 5) is 14.1. The molecule has 0 saturated carbocycles. The van der Waals surface area contributed by atoms with Gasteiger partial charge in [0, 0.05) is 38.0 Å². The third-order valence-corrected chi connectivity index (χ3v) is 4.93. The molecule has 0 aromatic carbocycles. The van der Waals surface area contributed by atoms with E-state index in [-0.39, 0.29) is 5.91 Å². The van der Waals surface area contributed by atoms with Crippen LogP contribution in [0.2, 0.25) is 0 Å². The molecule has 108 valence electrons. The van der Waals surface area contributed by atoms with E-state index >= 15 is 0 Å². The number of aromatic nitrogens is 2. The maximum Gasteiger partial charge on any atom is 0.261 e. The van der Waals surface area contributed by atoms with Crippen LogP contribution in [0, 0.1) is 5.92 Å². The van der Waals surface area contributed by atoms with Crippen molar-refractivity contribution in [1.29, 1.82) is 0 Å². The number of rotatable bonds is 4. The van der Waals surface area contributed by atoms with E-state index in [1.165, 1.54) is 11.3 Å². The minimum Gasteiger partial charge on any atom is -0.351 e. The Morgan fingerprint density at radius 3 is 2.95 bits per heavy atom. The Kier molecular flexibility index (Phi) is 3.52. The highest BCUT2D eigenvalue weighted by Crippen LogP contribution is 2.31. The second kappa shape index (κ2) is 5.18. The van der Waals surface area contributed by atoms with Crippen molar-refractivity contribution in [1.82, 2.24) is 20.4 Å². The van der Waals surface area contributed by atoms with Gasteiger partial charge in [-0.3, -0.25) is 9.48 Å². The molecule has 1 saturated heterocycles. The van der Waals surface area contributed by atoms with Crippen molar-refractivity contribution in [3.8, 4) is 0 Å².